The maximum Gasteiger partial charge on any atom is 0.573 e. The van der Waals surface area contributed by atoms with Gasteiger partial charge in [0.15, 0.2) is 0 Å². The van der Waals surface area contributed by atoms with Gasteiger partial charge in [0.1, 0.15) is 22.8 Å². The third-order valence-electron chi connectivity index (χ3n) is 7.93. The summed E-state index contributed by atoms with van der Waals surface area (Å²) < 4.78 is 54.0. The molecule has 44 heavy (non-hydrogen) atoms. The highest BCUT2D eigenvalue weighted by atomic mass is 19.4. The number of hydrogen-bond acceptors (Lipinski definition) is 6. The van der Waals surface area contributed by atoms with Crippen LogP contribution in [0.2, 0.25) is 0 Å². The number of nitrogens with one attached hydrogen (secondary N) is 1. The van der Waals surface area contributed by atoms with E-state index in [0.29, 0.717) is 41.8 Å². The number of hydrogen-bond donors (Lipinski definition) is 1. The lowest BCUT2D eigenvalue weighted by Crippen LogP contribution is -2.23. The minimum absolute atomic E-state index is 0.0877. The topological polar surface area (TPSA) is 91.2 Å². The van der Waals surface area contributed by atoms with Crippen LogP contribution in [-0.2, 0) is 16.1 Å². The van der Waals surface area contributed by atoms with Crippen LogP contribution in [0.1, 0.15) is 66.6 Å². The summed E-state index contributed by atoms with van der Waals surface area (Å²) in [4.78, 5) is 29.1. The van der Waals surface area contributed by atoms with Crippen molar-refractivity contribution >= 4 is 17.5 Å². The molecule has 1 saturated carbocycles. The predicted octanol–water partition coefficient (Wildman–Crippen LogP) is 7.07. The number of rotatable bonds is 10. The van der Waals surface area contributed by atoms with E-state index in [0.717, 1.165) is 42.9 Å². The van der Waals surface area contributed by atoms with E-state index in [9.17, 15) is 22.8 Å². The number of esters is 1. The van der Waals surface area contributed by atoms with Gasteiger partial charge in [-0.15, -0.1) is 13.2 Å². The van der Waals surface area contributed by atoms with Crippen LogP contribution in [0, 0.1) is 5.92 Å². The van der Waals surface area contributed by atoms with Gasteiger partial charge in [-0.2, -0.15) is 0 Å². The minimum atomic E-state index is -4.83. The third kappa shape index (κ3) is 7.69. The van der Waals surface area contributed by atoms with E-state index in [1.165, 1.54) is 24.8 Å². The Morgan fingerprint density at radius 1 is 0.977 bits per heavy atom. The van der Waals surface area contributed by atoms with Crippen molar-refractivity contribution in [1.29, 1.82) is 0 Å². The SMILES string of the molecule is CCOC(=O)CC1CCC(c2ccc(-c3ccc4nc(C(=O)NCc5cc(OC(F)(F)F)ccc5OC)cn4c3)cc2)CC1. The molecule has 4 aromatic rings. The number of fused-ring (bicyclic) bond motifs is 1. The standard InChI is InChI=1S/C33H34F3N3O5/c1-3-43-31(40)16-21-4-6-22(7-5-21)23-8-10-24(11-9-23)25-12-15-30-38-28(20-39(30)19-25)32(41)37-18-26-17-27(44-33(34,35)36)13-14-29(26)42-2/h8-15,17,19-22H,3-7,16,18H2,1-2H3,(H,37,41). The van der Waals surface area contributed by atoms with E-state index < -0.39 is 18.0 Å². The highest BCUT2D eigenvalue weighted by Gasteiger charge is 2.31. The first-order valence-corrected chi connectivity index (χ1v) is 14.6. The van der Waals surface area contributed by atoms with Crippen molar-refractivity contribution in [3.63, 3.8) is 0 Å². The van der Waals surface area contributed by atoms with Crippen LogP contribution >= 0.6 is 0 Å². The van der Waals surface area contributed by atoms with E-state index in [1.807, 2.05) is 25.3 Å². The lowest BCUT2D eigenvalue weighted by molar-refractivity contribution is -0.274. The number of amides is 1. The van der Waals surface area contributed by atoms with Crippen LogP contribution < -0.4 is 14.8 Å². The van der Waals surface area contributed by atoms with Crippen molar-refractivity contribution < 1.29 is 37.0 Å². The average Bonchev–Trinajstić information content (AvgIpc) is 3.44. The smallest absolute Gasteiger partial charge is 0.496 e. The zero-order chi connectivity index (χ0) is 31.3. The fourth-order valence-electron chi connectivity index (χ4n) is 5.73. The van der Waals surface area contributed by atoms with Crippen LogP contribution in [0.25, 0.3) is 16.8 Å². The molecule has 0 saturated heterocycles. The predicted molar refractivity (Wildman–Crippen MR) is 157 cm³/mol. The molecule has 0 unspecified atom stereocenters. The molecular formula is C33H34F3N3O5. The van der Waals surface area contributed by atoms with Crippen molar-refractivity contribution in [2.45, 2.75) is 57.9 Å². The molecule has 1 N–H and O–H groups in total. The van der Waals surface area contributed by atoms with Gasteiger partial charge in [0.2, 0.25) is 0 Å². The number of carbonyl (C=O) groups is 2. The molecule has 0 spiro atoms. The van der Waals surface area contributed by atoms with Gasteiger partial charge in [0.25, 0.3) is 5.91 Å². The van der Waals surface area contributed by atoms with Crippen molar-refractivity contribution in [2.75, 3.05) is 13.7 Å². The molecule has 11 heteroatoms. The van der Waals surface area contributed by atoms with Crippen LogP contribution in [0.15, 0.2) is 67.0 Å². The number of imidazole rings is 1. The van der Waals surface area contributed by atoms with E-state index in [-0.39, 0.29) is 18.2 Å². The highest BCUT2D eigenvalue weighted by molar-refractivity contribution is 5.93. The van der Waals surface area contributed by atoms with E-state index in [1.54, 1.807) is 10.6 Å². The molecule has 0 aliphatic heterocycles. The Labute approximate surface area is 253 Å². The first kappa shape index (κ1) is 30.9. The van der Waals surface area contributed by atoms with Crippen molar-refractivity contribution in [1.82, 2.24) is 14.7 Å². The molecule has 1 amide bonds. The summed E-state index contributed by atoms with van der Waals surface area (Å²) in [5, 5.41) is 2.69. The fourth-order valence-corrected chi connectivity index (χ4v) is 5.73. The minimum Gasteiger partial charge on any atom is -0.496 e. The second-order valence-corrected chi connectivity index (χ2v) is 10.9. The quantitative estimate of drug-likeness (QED) is 0.194. The molecule has 0 bridgehead atoms. The number of nitrogens with zero attached hydrogens (tertiary/aromatic N) is 2. The Hall–Kier alpha value is -4.54. The summed E-state index contributed by atoms with van der Waals surface area (Å²) in [6, 6.07) is 15.9. The van der Waals surface area contributed by atoms with Crippen molar-refractivity contribution in [3.8, 4) is 22.6 Å². The number of benzene rings is 2. The van der Waals surface area contributed by atoms with Crippen LogP contribution in [0.4, 0.5) is 13.2 Å². The number of aromatic nitrogens is 2. The van der Waals surface area contributed by atoms with Gasteiger partial charge >= 0.3 is 12.3 Å². The summed E-state index contributed by atoms with van der Waals surface area (Å²) >= 11 is 0. The summed E-state index contributed by atoms with van der Waals surface area (Å²) in [6.45, 7) is 2.16. The maximum atomic E-state index is 12.9. The van der Waals surface area contributed by atoms with Gasteiger partial charge < -0.3 is 23.9 Å². The Morgan fingerprint density at radius 2 is 1.70 bits per heavy atom. The molecule has 0 radical (unpaired) electrons. The van der Waals surface area contributed by atoms with Crippen LogP contribution in [-0.4, -0.2) is 41.3 Å². The molecule has 1 aliphatic carbocycles. The Morgan fingerprint density at radius 3 is 2.39 bits per heavy atom. The second kappa shape index (κ2) is 13.4. The number of carbonyl (C=O) groups excluding carboxylic acids is 2. The number of pyridine rings is 1. The maximum absolute atomic E-state index is 12.9. The normalized spacial score (nSPS) is 16.8. The molecule has 8 nitrogen and oxygen atoms in total. The molecule has 2 aromatic heterocycles. The molecule has 0 atom stereocenters. The zero-order valence-electron chi connectivity index (χ0n) is 24.5. The van der Waals surface area contributed by atoms with E-state index in [4.69, 9.17) is 9.47 Å². The highest BCUT2D eigenvalue weighted by Crippen LogP contribution is 2.38. The van der Waals surface area contributed by atoms with Gasteiger partial charge in [-0.25, -0.2) is 4.98 Å². The third-order valence-corrected chi connectivity index (χ3v) is 7.93. The molecule has 1 aliphatic rings. The first-order chi connectivity index (χ1) is 21.1. The van der Waals surface area contributed by atoms with Crippen molar-refractivity contribution in [2.24, 2.45) is 5.92 Å². The van der Waals surface area contributed by atoms with Crippen LogP contribution in [0.3, 0.4) is 0 Å². The van der Waals surface area contributed by atoms with Gasteiger partial charge in [-0.3, -0.25) is 9.59 Å². The summed E-state index contributed by atoms with van der Waals surface area (Å²) in [5.41, 5.74) is 4.34. The fraction of sp³-hybridized carbons (Fsp3) is 0.364. The zero-order valence-corrected chi connectivity index (χ0v) is 24.5. The lowest BCUT2D eigenvalue weighted by atomic mass is 9.77. The summed E-state index contributed by atoms with van der Waals surface area (Å²) in [7, 11) is 1.39. The largest absolute Gasteiger partial charge is 0.573 e. The summed E-state index contributed by atoms with van der Waals surface area (Å²) in [6.07, 6.45) is 3.31. The lowest BCUT2D eigenvalue weighted by Gasteiger charge is -2.28. The average molecular weight is 610 g/mol. The Balaban J connectivity index is 1.21. The van der Waals surface area contributed by atoms with Crippen molar-refractivity contribution in [3.05, 3.63) is 83.8 Å². The Bertz CT molecular complexity index is 1610. The van der Waals surface area contributed by atoms with E-state index >= 15 is 0 Å². The number of ether oxygens (including phenoxy) is 3. The van der Waals surface area contributed by atoms with Gasteiger partial charge in [0, 0.05) is 30.9 Å². The molecule has 2 aromatic carbocycles. The number of methoxy groups -OCH3 is 1. The Kier molecular flexibility index (Phi) is 9.41. The molecule has 1 fully saturated rings. The number of alkyl halides is 3. The first-order valence-electron chi connectivity index (χ1n) is 14.6. The van der Waals surface area contributed by atoms with Gasteiger partial charge in [-0.1, -0.05) is 24.3 Å². The van der Waals surface area contributed by atoms with E-state index in [2.05, 4.69) is 39.3 Å². The monoisotopic (exact) mass is 609 g/mol. The number of halogens is 3. The molecular weight excluding hydrogens is 575 g/mol. The molecule has 232 valence electrons. The molecule has 5 rings (SSSR count). The summed E-state index contributed by atoms with van der Waals surface area (Å²) in [5.74, 6) is 0.180. The van der Waals surface area contributed by atoms with Crippen LogP contribution in [0.5, 0.6) is 11.5 Å². The van der Waals surface area contributed by atoms with Gasteiger partial charge in [-0.05, 0) is 91.5 Å². The molecule has 2 heterocycles. The van der Waals surface area contributed by atoms with Gasteiger partial charge in [0.05, 0.1) is 13.7 Å². The second-order valence-electron chi connectivity index (χ2n) is 10.9.